The summed E-state index contributed by atoms with van der Waals surface area (Å²) in [6, 6.07) is 14.4. The van der Waals surface area contributed by atoms with Gasteiger partial charge in [-0.25, -0.2) is 14.2 Å². The van der Waals surface area contributed by atoms with E-state index < -0.39 is 10.7 Å². The van der Waals surface area contributed by atoms with E-state index in [9.17, 15) is 19.3 Å². The molecular formula is C25H25FN4O5. The van der Waals surface area contributed by atoms with Crippen molar-refractivity contribution in [3.8, 4) is 11.5 Å². The number of anilines is 2. The highest BCUT2D eigenvalue weighted by molar-refractivity contribution is 5.70. The minimum absolute atomic E-state index is 0.0132. The fraction of sp³-hybridized carbons (Fsp3) is 0.280. The van der Waals surface area contributed by atoms with Gasteiger partial charge in [-0.3, -0.25) is 10.1 Å². The zero-order valence-electron chi connectivity index (χ0n) is 19.4. The maximum atomic E-state index is 14.9. The third-order valence-corrected chi connectivity index (χ3v) is 5.80. The highest BCUT2D eigenvalue weighted by Gasteiger charge is 2.31. The Bertz CT molecular complexity index is 1220. The average Bonchev–Trinajstić information content (AvgIpc) is 3.21. The molecule has 0 bridgehead atoms. The molecular weight excluding hydrogens is 455 g/mol. The number of nitro groups is 1. The summed E-state index contributed by atoms with van der Waals surface area (Å²) < 4.78 is 25.8. The van der Waals surface area contributed by atoms with Gasteiger partial charge in [0.25, 0.3) is 0 Å². The summed E-state index contributed by atoms with van der Waals surface area (Å²) in [4.78, 5) is 30.0. The van der Waals surface area contributed by atoms with Gasteiger partial charge in [0.15, 0.2) is 11.6 Å². The van der Waals surface area contributed by atoms with E-state index in [2.05, 4.69) is 4.98 Å². The van der Waals surface area contributed by atoms with E-state index in [0.29, 0.717) is 37.6 Å². The number of halogens is 1. The number of amides is 1. The predicted octanol–water partition coefficient (Wildman–Crippen LogP) is 5.46. The lowest BCUT2D eigenvalue weighted by atomic mass is 10.1. The van der Waals surface area contributed by atoms with Crippen LogP contribution in [0.25, 0.3) is 0 Å². The van der Waals surface area contributed by atoms with Gasteiger partial charge in [0.2, 0.25) is 5.82 Å². The largest absolute Gasteiger partial charge is 0.454 e. The summed E-state index contributed by atoms with van der Waals surface area (Å²) in [6.45, 7) is 5.01. The van der Waals surface area contributed by atoms with E-state index in [1.54, 1.807) is 34.9 Å². The molecule has 0 radical (unpaired) electrons. The Hall–Kier alpha value is -4.21. The Kier molecular flexibility index (Phi) is 7.09. The van der Waals surface area contributed by atoms with Crippen molar-refractivity contribution in [2.45, 2.75) is 26.3 Å². The van der Waals surface area contributed by atoms with Crippen LogP contribution in [0.2, 0.25) is 0 Å². The second kappa shape index (κ2) is 10.4. The third-order valence-electron chi connectivity index (χ3n) is 5.80. The number of hydrogen-bond acceptors (Lipinski definition) is 7. The lowest BCUT2D eigenvalue weighted by Gasteiger charge is -2.22. The molecule has 2 aromatic carbocycles. The molecule has 9 nitrogen and oxygen atoms in total. The molecule has 1 atom stereocenters. The number of rotatable bonds is 9. The topological polar surface area (TPSA) is 98.0 Å². The second-order valence-electron chi connectivity index (χ2n) is 7.93. The van der Waals surface area contributed by atoms with Gasteiger partial charge in [0, 0.05) is 37.1 Å². The fourth-order valence-corrected chi connectivity index (χ4v) is 4.07. The molecule has 0 N–H and O–H groups in total. The van der Waals surface area contributed by atoms with Crippen LogP contribution < -0.4 is 9.64 Å². The molecule has 1 aliphatic heterocycles. The van der Waals surface area contributed by atoms with Crippen LogP contribution >= 0.6 is 0 Å². The number of benzene rings is 2. The first kappa shape index (κ1) is 23.9. The van der Waals surface area contributed by atoms with E-state index >= 15 is 0 Å². The number of hydrogen-bond donors (Lipinski definition) is 0. The SMILES string of the molecule is CCN(c1ccc(Oc2ccc(C[C@H]3COC(=O)N3CC)cc2)c(F)c1)c1ncccc1[N+](=O)[O-]. The Morgan fingerprint density at radius 2 is 2.00 bits per heavy atom. The monoisotopic (exact) mass is 480 g/mol. The Labute approximate surface area is 201 Å². The number of likely N-dealkylation sites (N-methyl/N-ethyl adjacent to an activating group) is 1. The Morgan fingerprint density at radius 3 is 2.66 bits per heavy atom. The molecule has 1 aromatic heterocycles. The Morgan fingerprint density at radius 1 is 1.23 bits per heavy atom. The number of cyclic esters (lactones) is 1. The molecule has 2 heterocycles. The van der Waals surface area contributed by atoms with Gasteiger partial charge in [0.1, 0.15) is 12.4 Å². The standard InChI is InChI=1S/C25H25FN4O5/c1-3-28(24-22(30(32)33)6-5-13-27-24)18-9-12-23(21(26)15-18)35-20-10-7-17(8-11-20)14-19-16-34-25(31)29(19)4-2/h5-13,15,19H,3-4,14,16H2,1-2H3/t19-/m0/s1. The highest BCUT2D eigenvalue weighted by atomic mass is 19.1. The van der Waals surface area contributed by atoms with Gasteiger partial charge >= 0.3 is 11.8 Å². The van der Waals surface area contributed by atoms with E-state index in [1.165, 1.54) is 30.5 Å². The summed E-state index contributed by atoms with van der Waals surface area (Å²) in [5.41, 5.74) is 1.26. The lowest BCUT2D eigenvalue weighted by Crippen LogP contribution is -2.34. The van der Waals surface area contributed by atoms with Gasteiger partial charge in [-0.1, -0.05) is 12.1 Å². The molecule has 35 heavy (non-hydrogen) atoms. The predicted molar refractivity (Wildman–Crippen MR) is 128 cm³/mol. The van der Waals surface area contributed by atoms with Gasteiger partial charge in [-0.15, -0.1) is 0 Å². The molecule has 1 amide bonds. The maximum Gasteiger partial charge on any atom is 0.410 e. The lowest BCUT2D eigenvalue weighted by molar-refractivity contribution is -0.384. The van der Waals surface area contributed by atoms with Gasteiger partial charge in [-0.2, -0.15) is 0 Å². The van der Waals surface area contributed by atoms with Crippen LogP contribution in [0.5, 0.6) is 11.5 Å². The molecule has 10 heteroatoms. The van der Waals surface area contributed by atoms with Crippen molar-refractivity contribution in [3.63, 3.8) is 0 Å². The van der Waals surface area contributed by atoms with Crippen molar-refractivity contribution in [2.24, 2.45) is 0 Å². The number of aromatic nitrogens is 1. The molecule has 0 unspecified atom stereocenters. The van der Waals surface area contributed by atoms with Gasteiger partial charge in [0.05, 0.1) is 11.0 Å². The molecule has 1 aliphatic rings. The van der Waals surface area contributed by atoms with Crippen LogP contribution in [-0.2, 0) is 11.2 Å². The third kappa shape index (κ3) is 5.16. The normalized spacial score (nSPS) is 15.1. The van der Waals surface area contributed by atoms with Gasteiger partial charge in [-0.05, 0) is 56.2 Å². The first-order valence-corrected chi connectivity index (χ1v) is 11.3. The van der Waals surface area contributed by atoms with Crippen molar-refractivity contribution < 1.29 is 23.6 Å². The molecule has 1 saturated heterocycles. The molecule has 3 aromatic rings. The fourth-order valence-electron chi connectivity index (χ4n) is 4.07. The second-order valence-corrected chi connectivity index (χ2v) is 7.93. The first-order chi connectivity index (χ1) is 16.9. The number of nitrogens with zero attached hydrogens (tertiary/aromatic N) is 4. The van der Waals surface area contributed by atoms with Gasteiger partial charge < -0.3 is 19.3 Å². The summed E-state index contributed by atoms with van der Waals surface area (Å²) >= 11 is 0. The van der Waals surface area contributed by atoms with Crippen LogP contribution in [0.1, 0.15) is 19.4 Å². The molecule has 1 fully saturated rings. The number of pyridine rings is 1. The Balaban J connectivity index is 1.47. The zero-order chi connectivity index (χ0) is 24.9. The molecule has 0 saturated carbocycles. The highest BCUT2D eigenvalue weighted by Crippen LogP contribution is 2.34. The van der Waals surface area contributed by atoms with Crippen molar-refractivity contribution in [2.75, 3.05) is 24.6 Å². The van der Waals surface area contributed by atoms with E-state index in [-0.39, 0.29) is 29.4 Å². The number of carbonyl (C=O) groups excluding carboxylic acids is 1. The van der Waals surface area contributed by atoms with Crippen LogP contribution in [0.15, 0.2) is 60.8 Å². The average molecular weight is 480 g/mol. The minimum Gasteiger partial charge on any atom is -0.454 e. The van der Waals surface area contributed by atoms with Crippen molar-refractivity contribution in [1.82, 2.24) is 9.88 Å². The van der Waals surface area contributed by atoms with Crippen LogP contribution in [0.4, 0.5) is 26.4 Å². The molecule has 0 spiro atoms. The van der Waals surface area contributed by atoms with Crippen molar-refractivity contribution in [1.29, 1.82) is 0 Å². The van der Waals surface area contributed by atoms with E-state index in [4.69, 9.17) is 9.47 Å². The number of carbonyl (C=O) groups is 1. The molecule has 182 valence electrons. The summed E-state index contributed by atoms with van der Waals surface area (Å²) in [5, 5.41) is 11.4. The van der Waals surface area contributed by atoms with Crippen molar-refractivity contribution >= 4 is 23.3 Å². The molecule has 4 rings (SSSR count). The molecule has 0 aliphatic carbocycles. The van der Waals surface area contributed by atoms with Crippen LogP contribution in [-0.4, -0.2) is 46.6 Å². The number of ether oxygens (including phenoxy) is 2. The van der Waals surface area contributed by atoms with Crippen LogP contribution in [0, 0.1) is 15.9 Å². The maximum absolute atomic E-state index is 14.9. The summed E-state index contributed by atoms with van der Waals surface area (Å²) in [5.74, 6) is 0.0164. The summed E-state index contributed by atoms with van der Waals surface area (Å²) in [7, 11) is 0. The van der Waals surface area contributed by atoms with E-state index in [0.717, 1.165) is 5.56 Å². The van der Waals surface area contributed by atoms with Crippen molar-refractivity contribution in [3.05, 3.63) is 82.3 Å². The first-order valence-electron chi connectivity index (χ1n) is 11.3. The summed E-state index contributed by atoms with van der Waals surface area (Å²) in [6.07, 6.45) is 1.81. The quantitative estimate of drug-likeness (QED) is 0.296. The minimum atomic E-state index is -0.608. The van der Waals surface area contributed by atoms with E-state index in [1.807, 2.05) is 19.1 Å². The smallest absolute Gasteiger partial charge is 0.410 e. The van der Waals surface area contributed by atoms with Crippen LogP contribution in [0.3, 0.4) is 0 Å². The zero-order valence-corrected chi connectivity index (χ0v) is 19.4.